The number of halogens is 1. The van der Waals surface area contributed by atoms with Gasteiger partial charge in [-0.05, 0) is 31.0 Å². The second-order valence-electron chi connectivity index (χ2n) is 3.95. The van der Waals surface area contributed by atoms with E-state index in [9.17, 15) is 12.8 Å². The summed E-state index contributed by atoms with van der Waals surface area (Å²) in [5, 5.41) is 6.90. The zero-order chi connectivity index (χ0) is 12.6. The molecule has 0 amide bonds. The molecule has 0 radical (unpaired) electrons. The van der Waals surface area contributed by atoms with Crippen LogP contribution in [0.1, 0.15) is 18.4 Å². The Morgan fingerprint density at radius 1 is 1.47 bits per heavy atom. The second-order valence-corrected chi connectivity index (χ2v) is 5.91. The van der Waals surface area contributed by atoms with Crippen LogP contribution in [0.15, 0.2) is 18.2 Å². The number of rotatable bonds is 4. The van der Waals surface area contributed by atoms with Gasteiger partial charge in [-0.25, -0.2) is 12.8 Å². The van der Waals surface area contributed by atoms with Crippen molar-refractivity contribution >= 4 is 21.5 Å². The van der Waals surface area contributed by atoms with Crippen molar-refractivity contribution in [3.05, 3.63) is 29.6 Å². The Hall–Kier alpha value is -1.63. The van der Waals surface area contributed by atoms with Crippen LogP contribution in [-0.2, 0) is 10.0 Å². The maximum Gasteiger partial charge on any atom is 0.235 e. The average molecular weight is 257 g/mol. The fourth-order valence-electron chi connectivity index (χ4n) is 1.44. The summed E-state index contributed by atoms with van der Waals surface area (Å²) in [6, 6.07) is 3.43. The minimum Gasteiger partial charge on any atom is -0.384 e. The van der Waals surface area contributed by atoms with Crippen LogP contribution in [0.4, 0.5) is 10.1 Å². The monoisotopic (exact) mass is 257 g/mol. The number of anilines is 1. The van der Waals surface area contributed by atoms with Crippen molar-refractivity contribution in [2.45, 2.75) is 18.1 Å². The van der Waals surface area contributed by atoms with Gasteiger partial charge < -0.3 is 5.73 Å². The Balaban J connectivity index is 2.35. The van der Waals surface area contributed by atoms with E-state index >= 15 is 0 Å². The fourth-order valence-corrected chi connectivity index (χ4v) is 2.85. The molecule has 92 valence electrons. The van der Waals surface area contributed by atoms with Gasteiger partial charge in [0.05, 0.1) is 10.9 Å². The molecule has 17 heavy (non-hydrogen) atoms. The van der Waals surface area contributed by atoms with Gasteiger partial charge in [0.2, 0.25) is 10.0 Å². The van der Waals surface area contributed by atoms with Crippen LogP contribution in [0.2, 0.25) is 0 Å². The van der Waals surface area contributed by atoms with Crippen molar-refractivity contribution in [2.75, 3.05) is 4.72 Å². The summed E-state index contributed by atoms with van der Waals surface area (Å²) in [6.45, 7) is 0. The van der Waals surface area contributed by atoms with Gasteiger partial charge in [-0.2, -0.15) is 0 Å². The predicted octanol–water partition coefficient (Wildman–Crippen LogP) is 1.01. The number of nitrogen functional groups attached to an aromatic ring is 1. The first kappa shape index (κ1) is 11.8. The molecule has 1 saturated carbocycles. The van der Waals surface area contributed by atoms with E-state index in [1.54, 1.807) is 0 Å². The average Bonchev–Trinajstić information content (AvgIpc) is 3.03. The lowest BCUT2D eigenvalue weighted by Crippen LogP contribution is -2.21. The van der Waals surface area contributed by atoms with Crippen LogP contribution in [-0.4, -0.2) is 19.5 Å². The molecule has 0 saturated heterocycles. The van der Waals surface area contributed by atoms with Crippen molar-refractivity contribution < 1.29 is 12.8 Å². The van der Waals surface area contributed by atoms with Crippen LogP contribution in [0.25, 0.3) is 0 Å². The molecule has 1 aromatic carbocycles. The molecule has 7 heteroatoms. The van der Waals surface area contributed by atoms with Gasteiger partial charge in [0.25, 0.3) is 0 Å². The molecule has 5 nitrogen and oxygen atoms in total. The van der Waals surface area contributed by atoms with Gasteiger partial charge >= 0.3 is 0 Å². The Morgan fingerprint density at radius 2 is 2.12 bits per heavy atom. The van der Waals surface area contributed by atoms with Crippen LogP contribution >= 0.6 is 0 Å². The van der Waals surface area contributed by atoms with E-state index in [0.29, 0.717) is 12.8 Å². The van der Waals surface area contributed by atoms with Crippen molar-refractivity contribution in [3.63, 3.8) is 0 Å². The minimum atomic E-state index is -3.43. The Labute approximate surface area is 98.4 Å². The van der Waals surface area contributed by atoms with E-state index < -0.39 is 15.8 Å². The van der Waals surface area contributed by atoms with Crippen LogP contribution in [0.5, 0.6) is 0 Å². The molecule has 0 aliphatic heterocycles. The van der Waals surface area contributed by atoms with Gasteiger partial charge in [0.1, 0.15) is 11.7 Å². The van der Waals surface area contributed by atoms with Gasteiger partial charge in [0, 0.05) is 5.56 Å². The zero-order valence-corrected chi connectivity index (χ0v) is 9.72. The predicted molar refractivity (Wildman–Crippen MR) is 63.0 cm³/mol. The summed E-state index contributed by atoms with van der Waals surface area (Å²) >= 11 is 0. The van der Waals surface area contributed by atoms with Crippen molar-refractivity contribution in [3.8, 4) is 0 Å². The Kier molecular flexibility index (Phi) is 2.78. The molecule has 4 N–H and O–H groups in total. The number of hydrogen-bond donors (Lipinski definition) is 3. The summed E-state index contributed by atoms with van der Waals surface area (Å²) in [5.74, 6) is -0.942. The number of nitrogens with one attached hydrogen (secondary N) is 2. The van der Waals surface area contributed by atoms with E-state index in [-0.39, 0.29) is 22.3 Å². The molecule has 2 rings (SSSR count). The summed E-state index contributed by atoms with van der Waals surface area (Å²) in [6.07, 6.45) is 1.26. The van der Waals surface area contributed by atoms with Crippen LogP contribution < -0.4 is 10.5 Å². The number of amidine groups is 1. The topological polar surface area (TPSA) is 96.0 Å². The zero-order valence-electron chi connectivity index (χ0n) is 8.90. The molecule has 0 spiro atoms. The fraction of sp³-hybridized carbons (Fsp3) is 0.300. The summed E-state index contributed by atoms with van der Waals surface area (Å²) < 4.78 is 38.7. The SMILES string of the molecule is N=C(N)c1cc(F)ccc1NS(=O)(=O)C1CC1. The van der Waals surface area contributed by atoms with Gasteiger partial charge in [0.15, 0.2) is 0 Å². The van der Waals surface area contributed by atoms with E-state index in [2.05, 4.69) is 4.72 Å². The molecule has 0 aromatic heterocycles. The molecule has 0 atom stereocenters. The van der Waals surface area contributed by atoms with Crippen molar-refractivity contribution in [1.29, 1.82) is 5.41 Å². The third kappa shape index (κ3) is 2.55. The molecule has 0 bridgehead atoms. The molecule has 0 unspecified atom stereocenters. The summed E-state index contributed by atoms with van der Waals surface area (Å²) in [4.78, 5) is 0. The molecule has 1 aromatic rings. The largest absolute Gasteiger partial charge is 0.384 e. The lowest BCUT2D eigenvalue weighted by atomic mass is 10.1. The Bertz CT molecular complexity index is 567. The minimum absolute atomic E-state index is 0.0502. The lowest BCUT2D eigenvalue weighted by molar-refractivity contribution is 0.599. The first-order valence-electron chi connectivity index (χ1n) is 5.06. The number of hydrogen-bond acceptors (Lipinski definition) is 3. The van der Waals surface area contributed by atoms with E-state index in [0.717, 1.165) is 12.1 Å². The second kappa shape index (κ2) is 3.99. The van der Waals surface area contributed by atoms with Gasteiger partial charge in [-0.15, -0.1) is 0 Å². The highest BCUT2D eigenvalue weighted by Crippen LogP contribution is 2.30. The normalized spacial score (nSPS) is 15.6. The molecular formula is C10H12FN3O2S. The number of nitrogens with two attached hydrogens (primary N) is 1. The van der Waals surface area contributed by atoms with Crippen molar-refractivity contribution in [2.24, 2.45) is 5.73 Å². The maximum atomic E-state index is 13.0. The Morgan fingerprint density at radius 3 is 2.65 bits per heavy atom. The molecule has 0 heterocycles. The highest BCUT2D eigenvalue weighted by atomic mass is 32.2. The van der Waals surface area contributed by atoms with Gasteiger partial charge in [-0.3, -0.25) is 10.1 Å². The first-order valence-corrected chi connectivity index (χ1v) is 6.60. The molecular weight excluding hydrogens is 245 g/mol. The maximum absolute atomic E-state index is 13.0. The molecule has 1 fully saturated rings. The first-order chi connectivity index (χ1) is 7.90. The smallest absolute Gasteiger partial charge is 0.235 e. The highest BCUT2D eigenvalue weighted by molar-refractivity contribution is 7.93. The lowest BCUT2D eigenvalue weighted by Gasteiger charge is -2.11. The van der Waals surface area contributed by atoms with E-state index in [4.69, 9.17) is 11.1 Å². The van der Waals surface area contributed by atoms with Gasteiger partial charge in [-0.1, -0.05) is 0 Å². The number of benzene rings is 1. The van der Waals surface area contributed by atoms with Crippen molar-refractivity contribution in [1.82, 2.24) is 0 Å². The van der Waals surface area contributed by atoms with Crippen LogP contribution in [0.3, 0.4) is 0 Å². The quantitative estimate of drug-likeness (QED) is 0.555. The summed E-state index contributed by atoms with van der Waals surface area (Å²) in [5.41, 5.74) is 5.47. The van der Waals surface area contributed by atoms with Crippen LogP contribution in [0, 0.1) is 11.2 Å². The molecule has 1 aliphatic rings. The standard InChI is InChI=1S/C10H12FN3O2S/c11-6-1-4-9(8(5-6)10(12)13)14-17(15,16)7-2-3-7/h1,4-5,7,14H,2-3H2,(H3,12,13). The summed E-state index contributed by atoms with van der Waals surface area (Å²) in [7, 11) is -3.43. The van der Waals surface area contributed by atoms with E-state index in [1.165, 1.54) is 6.07 Å². The number of sulfonamides is 1. The third-order valence-electron chi connectivity index (χ3n) is 2.49. The van der Waals surface area contributed by atoms with E-state index in [1.807, 2.05) is 0 Å². The highest BCUT2D eigenvalue weighted by Gasteiger charge is 2.36. The molecule has 1 aliphatic carbocycles. The third-order valence-corrected chi connectivity index (χ3v) is 4.34.